The van der Waals surface area contributed by atoms with Gasteiger partial charge in [0.25, 0.3) is 0 Å². The van der Waals surface area contributed by atoms with Crippen LogP contribution in [0.25, 0.3) is 11.1 Å². The smallest absolute Gasteiger partial charge is 0.410 e. The number of nitrogens with two attached hydrogens (primary N) is 1. The van der Waals surface area contributed by atoms with Gasteiger partial charge in [-0.25, -0.2) is 14.4 Å². The Hall–Kier alpha value is -8.82. The number of alkyl carbamates (subject to hydrolysis) is 1. The van der Waals surface area contributed by atoms with Gasteiger partial charge in [0.05, 0.1) is 55.7 Å². The molecule has 0 aromatic heterocycles. The second kappa shape index (κ2) is 42.0. The van der Waals surface area contributed by atoms with E-state index in [1.807, 2.05) is 120 Å². The summed E-state index contributed by atoms with van der Waals surface area (Å²) in [4.78, 5) is 144. The number of benzene rings is 4. The van der Waals surface area contributed by atoms with Crippen LogP contribution in [-0.4, -0.2) is 196 Å². The molecular weight excluding hydrogens is 1410 g/mol. The summed E-state index contributed by atoms with van der Waals surface area (Å²) in [6, 6.07) is 26.4. The van der Waals surface area contributed by atoms with E-state index in [0.717, 1.165) is 27.8 Å². The number of methoxy groups -OCH3 is 3. The maximum Gasteiger partial charge on any atom is 0.410 e. The van der Waals surface area contributed by atoms with Crippen LogP contribution in [0.15, 0.2) is 97.1 Å². The first-order chi connectivity index (χ1) is 52.4. The first-order valence-electron chi connectivity index (χ1n) is 38.8. The molecule has 604 valence electrons. The molecule has 1 aliphatic carbocycles. The van der Waals surface area contributed by atoms with Gasteiger partial charge in [0, 0.05) is 91.3 Å². The van der Waals surface area contributed by atoms with Gasteiger partial charge in [-0.2, -0.15) is 0 Å². The van der Waals surface area contributed by atoms with Crippen molar-refractivity contribution in [1.82, 2.24) is 25.3 Å². The molecule has 6 N–H and O–H groups in total. The summed E-state index contributed by atoms with van der Waals surface area (Å²) in [7, 11) is 7.37. The molecule has 7 rings (SSSR count). The fraction of sp³-hybridized carbons (Fsp3) is 0.595. The fourth-order valence-electron chi connectivity index (χ4n) is 15.7. The highest BCUT2D eigenvalue weighted by atomic mass is 16.7. The van der Waals surface area contributed by atoms with Gasteiger partial charge in [-0.05, 0) is 114 Å². The number of nitrogens with one attached hydrogen (secondary N) is 3. The molecule has 26 nitrogen and oxygen atoms in total. The number of nitrogens with zero attached hydrogens (tertiary/aromatic N) is 3. The van der Waals surface area contributed by atoms with Crippen molar-refractivity contribution in [3.63, 3.8) is 0 Å². The number of unbranched alkanes of at least 4 members (excludes halogenated alkanes) is 1. The average molecular weight is 1530 g/mol. The lowest BCUT2D eigenvalue weighted by Crippen LogP contribution is -2.55. The number of likely N-dealkylation sites (N-methyl/N-ethyl adjacent to an activating group) is 2. The third-order valence-electron chi connectivity index (χ3n) is 22.3. The quantitative estimate of drug-likeness (QED) is 0.0157. The minimum atomic E-state index is -1.42. The number of ether oxygens (including phenoxy) is 8. The van der Waals surface area contributed by atoms with Gasteiger partial charge in [0.15, 0.2) is 18.0 Å². The zero-order chi connectivity index (χ0) is 80.8. The van der Waals surface area contributed by atoms with Gasteiger partial charge in [0.2, 0.25) is 29.9 Å². The molecule has 2 heterocycles. The third-order valence-corrected chi connectivity index (χ3v) is 22.3. The van der Waals surface area contributed by atoms with Crippen LogP contribution in [0.4, 0.5) is 15.3 Å². The number of rotatable bonds is 40. The van der Waals surface area contributed by atoms with Crippen molar-refractivity contribution in [2.75, 3.05) is 67.0 Å². The Morgan fingerprint density at radius 2 is 1.40 bits per heavy atom. The highest BCUT2D eigenvalue weighted by Gasteiger charge is 2.49. The first-order valence-corrected chi connectivity index (χ1v) is 38.8. The number of Topliss-reactive ketones (excluding diaryl/α,β-unsaturated/α-hetero) is 2. The molecule has 0 saturated carbocycles. The molecule has 0 radical (unpaired) electrons. The molecule has 6 amide bonds. The van der Waals surface area contributed by atoms with Crippen molar-refractivity contribution >= 4 is 65.0 Å². The highest BCUT2D eigenvalue weighted by molar-refractivity contribution is 5.94. The van der Waals surface area contributed by atoms with Gasteiger partial charge in [-0.1, -0.05) is 161 Å². The summed E-state index contributed by atoms with van der Waals surface area (Å²) in [5, 5.41) is 19.4. The van der Waals surface area contributed by atoms with Crippen molar-refractivity contribution < 1.29 is 90.9 Å². The van der Waals surface area contributed by atoms with Crippen LogP contribution in [-0.2, 0) is 78.1 Å². The first kappa shape index (κ1) is 88.4. The Morgan fingerprint density at radius 1 is 0.745 bits per heavy atom. The zero-order valence-corrected chi connectivity index (χ0v) is 67.0. The maximum atomic E-state index is 15.1. The van der Waals surface area contributed by atoms with Crippen molar-refractivity contribution in [2.45, 2.75) is 214 Å². The summed E-state index contributed by atoms with van der Waals surface area (Å²) in [6.45, 7) is 19.8. The van der Waals surface area contributed by atoms with E-state index in [0.29, 0.717) is 50.8 Å². The fourth-order valence-corrected chi connectivity index (χ4v) is 15.7. The third kappa shape index (κ3) is 22.7. The summed E-state index contributed by atoms with van der Waals surface area (Å²) < 4.78 is 47.3. The Labute approximate surface area is 648 Å². The van der Waals surface area contributed by atoms with Crippen LogP contribution in [0.2, 0.25) is 0 Å². The van der Waals surface area contributed by atoms with E-state index in [1.54, 1.807) is 57.7 Å². The van der Waals surface area contributed by atoms with Crippen LogP contribution in [0.5, 0.6) is 5.75 Å². The van der Waals surface area contributed by atoms with Crippen LogP contribution in [0.1, 0.15) is 175 Å². The predicted octanol–water partition coefficient (Wildman–Crippen LogP) is 10.7. The van der Waals surface area contributed by atoms with Crippen molar-refractivity contribution in [3.8, 4) is 16.9 Å². The molecule has 16 atom stereocenters. The Morgan fingerprint density at radius 3 is 2.00 bits per heavy atom. The molecule has 0 spiro atoms. The summed E-state index contributed by atoms with van der Waals surface area (Å²) in [5.41, 5.74) is 11.0. The lowest BCUT2D eigenvalue weighted by Gasteiger charge is -2.42. The van der Waals surface area contributed by atoms with Crippen molar-refractivity contribution in [2.24, 2.45) is 53.1 Å². The number of hydrogen-bond acceptors (Lipinski definition) is 20. The Bertz CT molecular complexity index is 3720. The van der Waals surface area contributed by atoms with Crippen LogP contribution < -0.4 is 26.4 Å². The van der Waals surface area contributed by atoms with Crippen LogP contribution in [0.3, 0.4) is 0 Å². The second-order valence-electron chi connectivity index (χ2n) is 30.6. The lowest BCUT2D eigenvalue weighted by molar-refractivity contribution is -0.248. The van der Waals surface area contributed by atoms with Gasteiger partial charge < -0.3 is 79.4 Å². The van der Waals surface area contributed by atoms with Gasteiger partial charge in [-0.3, -0.25) is 33.6 Å². The van der Waals surface area contributed by atoms with Gasteiger partial charge in [-0.15, -0.1) is 0 Å². The maximum absolute atomic E-state index is 15.1. The number of likely N-dealkylation sites (tertiary alicyclic amines) is 1. The number of aliphatic hydroxyl groups is 1. The monoisotopic (exact) mass is 1530 g/mol. The molecule has 110 heavy (non-hydrogen) atoms. The standard InChI is InChI=1S/C84H119N7O19/c1-17-50(6)74(70(103-14)45-72(96)91-41-27-35-66(91)76(104-15)54(10)67(93)42-51(7)75(97)57-28-19-18-20-29-57)89(12)80(99)62(48(2)3)44-68(94)73(49(4)5)90(13)84(102)107-46-56-36-37-69(109-82-78(108-55(11)92)53(9)52(8)77(110-82)81(100)105-16)65(43-56)87-71(95)38-40-86-79(98)64(34-25-26-39-85)88-83(101)106-47-63-60-32-23-21-30-58(60)59-31-22-24-33-61(59)63/h18-24,28-33,36-37,43,48-54,62-64,66,70,73-78,82,97H,17,25-27,34-35,38-42,44-47,85H2,1-16H3,(H,86,98)(H,87,95)(H,88,101)/t50-,51-,52-,53-,54-,62-,64-,66-,70+,73-,74-,75+,76+,77-,78+,82+/m0/s1. The van der Waals surface area contributed by atoms with E-state index in [9.17, 15) is 48.3 Å². The number of carbonyl (C=O) groups is 10. The number of hydrogen-bond donors (Lipinski definition) is 5. The number of aliphatic hydroxyl groups excluding tert-OH is 1. The normalized spacial score (nSPS) is 20.2. The number of fused-ring (bicyclic) bond motifs is 3. The predicted molar refractivity (Wildman–Crippen MR) is 414 cm³/mol. The van der Waals surface area contributed by atoms with E-state index in [-0.39, 0.29) is 98.0 Å². The molecule has 0 unspecified atom stereocenters. The molecule has 4 aromatic rings. The lowest BCUT2D eigenvalue weighted by atomic mass is 9.83. The van der Waals surface area contributed by atoms with E-state index < -0.39 is 139 Å². The second-order valence-corrected chi connectivity index (χ2v) is 30.6. The van der Waals surface area contributed by atoms with Crippen LogP contribution in [0, 0.1) is 47.3 Å². The zero-order valence-electron chi connectivity index (χ0n) is 67.0. The van der Waals surface area contributed by atoms with E-state index in [1.165, 1.54) is 45.2 Å². The van der Waals surface area contributed by atoms with Crippen molar-refractivity contribution in [3.05, 3.63) is 119 Å². The molecule has 0 bridgehead atoms. The number of esters is 2. The topological polar surface area (TPSA) is 337 Å². The molecule has 26 heteroatoms. The van der Waals surface area contributed by atoms with Gasteiger partial charge >= 0.3 is 24.1 Å². The molecule has 2 saturated heterocycles. The molecule has 2 fully saturated rings. The number of anilines is 1. The minimum absolute atomic E-state index is 0.0163. The van der Waals surface area contributed by atoms with E-state index in [2.05, 4.69) is 16.0 Å². The number of amides is 6. The largest absolute Gasteiger partial charge is 0.467 e. The number of ketones is 2. The summed E-state index contributed by atoms with van der Waals surface area (Å²) >= 11 is 0. The average Bonchev–Trinajstić information content (AvgIpc) is 1.61. The SMILES string of the molecule is CC[C@H](C)[C@@H]([C@@H](CC(=O)N1CCC[C@H]1[C@H](OC)[C@@H](C)C(=O)C[C@H](C)[C@@H](O)c1ccccc1)OC)N(C)C(=O)[C@@H](CC(=O)[C@H](C(C)C)N(C)C(=O)OCc1ccc(O[C@@H]2O[C@H](C(=O)OC)[C@@H](C)[C@H](C)[C@H]2OC(C)=O)c(NC(=O)CCNC(=O)[C@H](CCCCN)NC(=O)OCC2c3ccccc3-c3ccccc32)c1)C(C)C. The minimum Gasteiger partial charge on any atom is -0.467 e. The highest BCUT2D eigenvalue weighted by Crippen LogP contribution is 2.45. The van der Waals surface area contributed by atoms with E-state index in [4.69, 9.17) is 43.6 Å². The Balaban J connectivity index is 1.03. The van der Waals surface area contributed by atoms with E-state index >= 15 is 4.79 Å². The molecule has 4 aromatic carbocycles. The molecule has 2 aliphatic heterocycles. The number of carbonyl (C=O) groups excluding carboxylic acids is 10. The summed E-state index contributed by atoms with van der Waals surface area (Å²) in [6.07, 6.45) is -4.83. The summed E-state index contributed by atoms with van der Waals surface area (Å²) in [5.74, 6) is -7.65. The Kier molecular flexibility index (Phi) is 33.7. The molecular formula is C84H119N7O19. The van der Waals surface area contributed by atoms with Gasteiger partial charge in [0.1, 0.15) is 30.8 Å². The molecule has 3 aliphatic rings. The van der Waals surface area contributed by atoms with Crippen molar-refractivity contribution in [1.29, 1.82) is 0 Å². The van der Waals surface area contributed by atoms with Crippen LogP contribution >= 0.6 is 0 Å².